The second-order valence-electron chi connectivity index (χ2n) is 6.53. The number of carbonyl (C=O) groups is 3. The molecule has 1 amide bonds. The van der Waals surface area contributed by atoms with E-state index in [1.165, 1.54) is 7.11 Å². The van der Waals surface area contributed by atoms with Crippen molar-refractivity contribution >= 4 is 17.8 Å². The minimum absolute atomic E-state index is 0.267. The van der Waals surface area contributed by atoms with Crippen LogP contribution >= 0.6 is 0 Å². The summed E-state index contributed by atoms with van der Waals surface area (Å²) in [6, 6.07) is 13.8. The van der Waals surface area contributed by atoms with E-state index in [0.717, 1.165) is 16.7 Å². The molecule has 0 unspecified atom stereocenters. The number of carbonyl (C=O) groups excluding carboxylic acids is 3. The highest BCUT2D eigenvalue weighted by Crippen LogP contribution is 2.16. The molecular weight excluding hydrogens is 374 g/mol. The first-order valence-corrected chi connectivity index (χ1v) is 9.16. The molecule has 0 bridgehead atoms. The van der Waals surface area contributed by atoms with Crippen molar-refractivity contribution in [3.8, 4) is 5.75 Å². The van der Waals surface area contributed by atoms with Crippen molar-refractivity contribution in [1.29, 1.82) is 0 Å². The van der Waals surface area contributed by atoms with Crippen LogP contribution in [0.25, 0.3) is 0 Å². The third kappa shape index (κ3) is 7.29. The van der Waals surface area contributed by atoms with Gasteiger partial charge < -0.3 is 19.5 Å². The second-order valence-corrected chi connectivity index (χ2v) is 6.53. The quantitative estimate of drug-likeness (QED) is 0.650. The lowest BCUT2D eigenvalue weighted by molar-refractivity contribution is -0.151. The van der Waals surface area contributed by atoms with Crippen molar-refractivity contribution in [1.82, 2.24) is 5.32 Å². The molecule has 7 nitrogen and oxygen atoms in total. The molecule has 1 atom stereocenters. The summed E-state index contributed by atoms with van der Waals surface area (Å²) in [5.74, 6) is -1.32. The Morgan fingerprint density at radius 3 is 2.34 bits per heavy atom. The first-order valence-electron chi connectivity index (χ1n) is 9.16. The lowest BCUT2D eigenvalue weighted by atomic mass is 10.1. The smallest absolute Gasteiger partial charge is 0.344 e. The summed E-state index contributed by atoms with van der Waals surface area (Å²) >= 11 is 0. The van der Waals surface area contributed by atoms with Gasteiger partial charge in [0.2, 0.25) is 0 Å². The van der Waals surface area contributed by atoms with E-state index in [1.807, 2.05) is 56.3 Å². The molecule has 0 spiro atoms. The van der Waals surface area contributed by atoms with Gasteiger partial charge in [-0.3, -0.25) is 4.79 Å². The number of aryl methyl sites for hydroxylation is 2. The van der Waals surface area contributed by atoms with Gasteiger partial charge in [0.25, 0.3) is 5.91 Å². The standard InChI is InChI=1S/C22H25NO6/c1-15-9-10-18(11-16(15)2)28-14-21(25)29-13-20(24)23-19(22(26)27-3)12-17-7-5-4-6-8-17/h4-11,19H,12-14H2,1-3H3,(H,23,24)/t19-/m1/s1. The Labute approximate surface area is 170 Å². The second kappa shape index (κ2) is 10.8. The molecule has 0 aliphatic carbocycles. The summed E-state index contributed by atoms with van der Waals surface area (Å²) in [5.41, 5.74) is 3.02. The number of methoxy groups -OCH3 is 1. The Bertz CT molecular complexity index is 850. The maximum absolute atomic E-state index is 12.1. The predicted octanol–water partition coefficient (Wildman–Crippen LogP) is 2.13. The normalized spacial score (nSPS) is 11.3. The van der Waals surface area contributed by atoms with Gasteiger partial charge in [-0.15, -0.1) is 0 Å². The van der Waals surface area contributed by atoms with Crippen molar-refractivity contribution in [3.05, 3.63) is 65.2 Å². The molecule has 0 heterocycles. The highest BCUT2D eigenvalue weighted by atomic mass is 16.6. The minimum Gasteiger partial charge on any atom is -0.482 e. The molecule has 0 radical (unpaired) electrons. The molecule has 1 N–H and O–H groups in total. The number of ether oxygens (including phenoxy) is 3. The molecule has 0 aliphatic heterocycles. The van der Waals surface area contributed by atoms with E-state index in [1.54, 1.807) is 6.07 Å². The zero-order chi connectivity index (χ0) is 21.2. The van der Waals surface area contributed by atoms with Crippen molar-refractivity contribution in [3.63, 3.8) is 0 Å². The Kier molecular flexibility index (Phi) is 8.21. The van der Waals surface area contributed by atoms with Crippen LogP contribution in [0.2, 0.25) is 0 Å². The molecule has 0 aliphatic rings. The van der Waals surface area contributed by atoms with Gasteiger partial charge in [0, 0.05) is 6.42 Å². The topological polar surface area (TPSA) is 90.9 Å². The number of hydrogen-bond acceptors (Lipinski definition) is 6. The zero-order valence-corrected chi connectivity index (χ0v) is 16.8. The number of rotatable bonds is 9. The summed E-state index contributed by atoms with van der Waals surface area (Å²) in [6.07, 6.45) is 0.267. The Balaban J connectivity index is 1.80. The van der Waals surface area contributed by atoms with Crippen molar-refractivity contribution < 1.29 is 28.6 Å². The SMILES string of the molecule is COC(=O)[C@@H](Cc1ccccc1)NC(=O)COC(=O)COc1ccc(C)c(C)c1. The number of amides is 1. The van der Waals surface area contributed by atoms with Crippen LogP contribution in [0.5, 0.6) is 5.75 Å². The van der Waals surface area contributed by atoms with Gasteiger partial charge >= 0.3 is 11.9 Å². The molecule has 29 heavy (non-hydrogen) atoms. The van der Waals surface area contributed by atoms with Crippen molar-refractivity contribution in [2.75, 3.05) is 20.3 Å². The van der Waals surface area contributed by atoms with Crippen LogP contribution in [0.3, 0.4) is 0 Å². The number of nitrogens with one attached hydrogen (secondary N) is 1. The zero-order valence-electron chi connectivity index (χ0n) is 16.8. The van der Waals surface area contributed by atoms with E-state index >= 15 is 0 Å². The van der Waals surface area contributed by atoms with Crippen LogP contribution in [-0.2, 0) is 30.3 Å². The molecule has 0 fully saturated rings. The van der Waals surface area contributed by atoms with Gasteiger partial charge in [-0.1, -0.05) is 36.4 Å². The molecule has 154 valence electrons. The molecule has 0 saturated heterocycles. The monoisotopic (exact) mass is 399 g/mol. The highest BCUT2D eigenvalue weighted by molar-refractivity contribution is 5.86. The maximum Gasteiger partial charge on any atom is 0.344 e. The maximum atomic E-state index is 12.1. The Morgan fingerprint density at radius 1 is 0.966 bits per heavy atom. The summed E-state index contributed by atoms with van der Waals surface area (Å²) in [4.78, 5) is 35.8. The third-order valence-electron chi connectivity index (χ3n) is 4.30. The van der Waals surface area contributed by atoms with Gasteiger partial charge in [0.05, 0.1) is 7.11 Å². The van der Waals surface area contributed by atoms with Crippen LogP contribution in [0, 0.1) is 13.8 Å². The summed E-state index contributed by atoms with van der Waals surface area (Å²) < 4.78 is 15.0. The Hall–Kier alpha value is -3.35. The van der Waals surface area contributed by atoms with E-state index in [9.17, 15) is 14.4 Å². The first kappa shape index (κ1) is 21.9. The molecule has 2 rings (SSSR count). The van der Waals surface area contributed by atoms with Crippen molar-refractivity contribution in [2.24, 2.45) is 0 Å². The van der Waals surface area contributed by atoms with Crippen molar-refractivity contribution in [2.45, 2.75) is 26.3 Å². The van der Waals surface area contributed by atoms with E-state index in [4.69, 9.17) is 14.2 Å². The summed E-state index contributed by atoms with van der Waals surface area (Å²) in [5, 5.41) is 2.53. The summed E-state index contributed by atoms with van der Waals surface area (Å²) in [7, 11) is 1.25. The lowest BCUT2D eigenvalue weighted by Crippen LogP contribution is -2.44. The fraction of sp³-hybridized carbons (Fsp3) is 0.318. The number of esters is 2. The molecule has 0 saturated carbocycles. The van der Waals surface area contributed by atoms with Crippen LogP contribution in [0.15, 0.2) is 48.5 Å². The van der Waals surface area contributed by atoms with E-state index in [2.05, 4.69) is 5.32 Å². The average molecular weight is 399 g/mol. The third-order valence-corrected chi connectivity index (χ3v) is 4.30. The Morgan fingerprint density at radius 2 is 1.69 bits per heavy atom. The van der Waals surface area contributed by atoms with Gasteiger partial charge in [0.15, 0.2) is 13.2 Å². The largest absolute Gasteiger partial charge is 0.482 e. The van der Waals surface area contributed by atoms with E-state index in [-0.39, 0.29) is 13.0 Å². The minimum atomic E-state index is -0.875. The molecule has 2 aromatic rings. The lowest BCUT2D eigenvalue weighted by Gasteiger charge is -2.16. The highest BCUT2D eigenvalue weighted by Gasteiger charge is 2.22. The fourth-order valence-corrected chi connectivity index (χ4v) is 2.56. The van der Waals surface area contributed by atoms with Crippen LogP contribution in [0.1, 0.15) is 16.7 Å². The molecular formula is C22H25NO6. The first-order chi connectivity index (χ1) is 13.9. The van der Waals surface area contributed by atoms with E-state index < -0.39 is 30.5 Å². The predicted molar refractivity (Wildman–Crippen MR) is 106 cm³/mol. The van der Waals surface area contributed by atoms with E-state index in [0.29, 0.717) is 5.75 Å². The number of hydrogen-bond donors (Lipinski definition) is 1. The molecule has 7 heteroatoms. The van der Waals surface area contributed by atoms with Crippen LogP contribution in [0.4, 0.5) is 0 Å². The van der Waals surface area contributed by atoms with Crippen LogP contribution < -0.4 is 10.1 Å². The molecule has 0 aromatic heterocycles. The summed E-state index contributed by atoms with van der Waals surface area (Å²) in [6.45, 7) is 3.08. The van der Waals surface area contributed by atoms with Crippen LogP contribution in [-0.4, -0.2) is 44.2 Å². The van der Waals surface area contributed by atoms with Gasteiger partial charge in [0.1, 0.15) is 11.8 Å². The molecule has 2 aromatic carbocycles. The average Bonchev–Trinajstić information content (AvgIpc) is 2.72. The van der Waals surface area contributed by atoms with Gasteiger partial charge in [-0.2, -0.15) is 0 Å². The van der Waals surface area contributed by atoms with Gasteiger partial charge in [-0.25, -0.2) is 9.59 Å². The fourth-order valence-electron chi connectivity index (χ4n) is 2.56. The number of benzene rings is 2. The van der Waals surface area contributed by atoms with Gasteiger partial charge in [-0.05, 0) is 42.7 Å².